The Bertz CT molecular complexity index is 621. The number of hydrogen-bond acceptors (Lipinski definition) is 5. The van der Waals surface area contributed by atoms with Gasteiger partial charge in [0.1, 0.15) is 17.3 Å². The van der Waals surface area contributed by atoms with Crippen molar-refractivity contribution in [3.05, 3.63) is 47.7 Å². The summed E-state index contributed by atoms with van der Waals surface area (Å²) in [6.07, 6.45) is 2.61. The van der Waals surface area contributed by atoms with Crippen LogP contribution >= 0.6 is 0 Å². The Labute approximate surface area is 110 Å². The number of rotatable bonds is 4. The Kier molecular flexibility index (Phi) is 3.56. The maximum absolute atomic E-state index is 11.2. The van der Waals surface area contributed by atoms with Crippen molar-refractivity contribution < 1.29 is 9.53 Å². The number of ether oxygens (including phenoxy) is 1. The number of nitrogens with one attached hydrogen (secondary N) is 1. The first-order valence-electron chi connectivity index (χ1n) is 5.65. The Morgan fingerprint density at radius 2 is 2.00 bits per heavy atom. The van der Waals surface area contributed by atoms with Gasteiger partial charge in [0.05, 0.1) is 5.56 Å². The van der Waals surface area contributed by atoms with Gasteiger partial charge in [0.2, 0.25) is 0 Å². The molecule has 1 heterocycles. The monoisotopic (exact) mass is 255 g/mol. The summed E-state index contributed by atoms with van der Waals surface area (Å²) < 4.78 is 5.63. The molecular formula is C14H13N3O2. The van der Waals surface area contributed by atoms with Crippen molar-refractivity contribution in [1.82, 2.24) is 4.98 Å². The van der Waals surface area contributed by atoms with Crippen molar-refractivity contribution in [3.63, 3.8) is 0 Å². The van der Waals surface area contributed by atoms with Crippen LogP contribution in [0.15, 0.2) is 36.5 Å². The third-order valence-corrected chi connectivity index (χ3v) is 2.61. The predicted molar refractivity (Wildman–Crippen MR) is 73.1 cm³/mol. The van der Waals surface area contributed by atoms with Gasteiger partial charge >= 0.3 is 0 Å². The zero-order chi connectivity index (χ0) is 13.8. The first kappa shape index (κ1) is 12.8. The molecule has 0 saturated carbocycles. The molecule has 0 saturated heterocycles. The molecule has 5 nitrogen and oxygen atoms in total. The van der Waals surface area contributed by atoms with E-state index in [-0.39, 0.29) is 11.6 Å². The van der Waals surface area contributed by atoms with Crippen LogP contribution in [0.2, 0.25) is 0 Å². The molecule has 1 aromatic carbocycles. The van der Waals surface area contributed by atoms with Gasteiger partial charge in [0.25, 0.3) is 0 Å². The van der Waals surface area contributed by atoms with Gasteiger partial charge in [0, 0.05) is 18.0 Å². The normalized spacial score (nSPS) is 9.95. The zero-order valence-electron chi connectivity index (χ0n) is 10.4. The van der Waals surface area contributed by atoms with Crippen LogP contribution in [0, 0.1) is 5.41 Å². The molecule has 0 amide bonds. The minimum absolute atomic E-state index is 0.000105. The zero-order valence-corrected chi connectivity index (χ0v) is 10.4. The van der Waals surface area contributed by atoms with Crippen LogP contribution in [0.25, 0.3) is 0 Å². The summed E-state index contributed by atoms with van der Waals surface area (Å²) >= 11 is 0. The number of nitrogens with zero attached hydrogens (tertiary/aromatic N) is 1. The maximum Gasteiger partial charge on any atom is 0.159 e. The summed E-state index contributed by atoms with van der Waals surface area (Å²) in [5.74, 6) is 1.27. The van der Waals surface area contributed by atoms with E-state index in [9.17, 15) is 4.79 Å². The van der Waals surface area contributed by atoms with Gasteiger partial charge in [-0.15, -0.1) is 0 Å². The van der Waals surface area contributed by atoms with Crippen LogP contribution < -0.4 is 10.5 Å². The van der Waals surface area contributed by atoms with E-state index in [1.54, 1.807) is 30.3 Å². The summed E-state index contributed by atoms with van der Waals surface area (Å²) in [7, 11) is 0. The number of nitrogen functional groups attached to an aromatic ring is 1. The smallest absolute Gasteiger partial charge is 0.159 e. The minimum atomic E-state index is -0.000105. The lowest BCUT2D eigenvalue weighted by atomic mass is 10.1. The average molecular weight is 255 g/mol. The Morgan fingerprint density at radius 1 is 1.32 bits per heavy atom. The van der Waals surface area contributed by atoms with Crippen molar-refractivity contribution in [3.8, 4) is 11.5 Å². The Hall–Kier alpha value is -2.69. The number of aromatic nitrogens is 1. The molecule has 0 spiro atoms. The molecular weight excluding hydrogens is 242 g/mol. The standard InChI is InChI=1S/C14H13N3O2/c1-9(18)10-2-4-11(5-3-10)19-13-6-7-17-14(16)12(13)8-15/h2-8,15H,1H3,(H2,16,17). The molecule has 96 valence electrons. The molecule has 0 radical (unpaired) electrons. The predicted octanol–water partition coefficient (Wildman–Crippen LogP) is 2.66. The van der Waals surface area contributed by atoms with E-state index in [4.69, 9.17) is 15.9 Å². The number of hydrogen-bond donors (Lipinski definition) is 2. The van der Waals surface area contributed by atoms with Crippen molar-refractivity contribution in [2.75, 3.05) is 5.73 Å². The van der Waals surface area contributed by atoms with Gasteiger partial charge in [-0.25, -0.2) is 4.98 Å². The molecule has 2 aromatic rings. The highest BCUT2D eigenvalue weighted by Gasteiger charge is 2.07. The Balaban J connectivity index is 2.28. The number of benzene rings is 1. The SMILES string of the molecule is CC(=O)c1ccc(Oc2ccnc(N)c2C=N)cc1. The van der Waals surface area contributed by atoms with Crippen LogP contribution in [0.3, 0.4) is 0 Å². The summed E-state index contributed by atoms with van der Waals surface area (Å²) in [6, 6.07) is 8.40. The van der Waals surface area contributed by atoms with Crippen molar-refractivity contribution in [1.29, 1.82) is 5.41 Å². The summed E-state index contributed by atoms with van der Waals surface area (Å²) in [6.45, 7) is 1.51. The molecule has 0 aliphatic heterocycles. The number of nitrogens with two attached hydrogens (primary N) is 1. The third kappa shape index (κ3) is 2.77. The minimum Gasteiger partial charge on any atom is -0.456 e. The first-order valence-corrected chi connectivity index (χ1v) is 5.65. The van der Waals surface area contributed by atoms with Crippen LogP contribution in [0.4, 0.5) is 5.82 Å². The van der Waals surface area contributed by atoms with Crippen LogP contribution in [-0.2, 0) is 0 Å². The molecule has 0 aliphatic carbocycles. The molecule has 0 fully saturated rings. The lowest BCUT2D eigenvalue weighted by molar-refractivity contribution is 0.101. The molecule has 0 bridgehead atoms. The van der Waals surface area contributed by atoms with Crippen molar-refractivity contribution in [2.45, 2.75) is 6.92 Å². The fourth-order valence-electron chi connectivity index (χ4n) is 1.59. The van der Waals surface area contributed by atoms with Crippen LogP contribution in [0.1, 0.15) is 22.8 Å². The summed E-state index contributed by atoms with van der Waals surface area (Å²) in [4.78, 5) is 15.1. The molecule has 0 aliphatic rings. The number of carbonyl (C=O) groups excluding carboxylic acids is 1. The first-order chi connectivity index (χ1) is 9.11. The second kappa shape index (κ2) is 5.30. The largest absolute Gasteiger partial charge is 0.456 e. The number of pyridine rings is 1. The quantitative estimate of drug-likeness (QED) is 0.649. The topological polar surface area (TPSA) is 89.1 Å². The highest BCUT2D eigenvalue weighted by molar-refractivity contribution is 5.94. The third-order valence-electron chi connectivity index (χ3n) is 2.61. The average Bonchev–Trinajstić information content (AvgIpc) is 2.39. The van der Waals surface area contributed by atoms with Gasteiger partial charge < -0.3 is 15.9 Å². The maximum atomic E-state index is 11.2. The Morgan fingerprint density at radius 3 is 2.58 bits per heavy atom. The van der Waals surface area contributed by atoms with E-state index < -0.39 is 0 Å². The summed E-state index contributed by atoms with van der Waals surface area (Å²) in [5.41, 5.74) is 6.71. The van der Waals surface area contributed by atoms with Gasteiger partial charge in [0.15, 0.2) is 5.78 Å². The van der Waals surface area contributed by atoms with Crippen molar-refractivity contribution in [2.24, 2.45) is 0 Å². The lowest BCUT2D eigenvalue weighted by Gasteiger charge is -2.09. The fourth-order valence-corrected chi connectivity index (χ4v) is 1.59. The van der Waals surface area contributed by atoms with Gasteiger partial charge in [-0.2, -0.15) is 0 Å². The molecule has 3 N–H and O–H groups in total. The molecule has 19 heavy (non-hydrogen) atoms. The molecule has 1 aromatic heterocycles. The van der Waals surface area contributed by atoms with E-state index in [1.165, 1.54) is 13.1 Å². The van der Waals surface area contributed by atoms with Gasteiger partial charge in [-0.1, -0.05) is 0 Å². The highest BCUT2D eigenvalue weighted by Crippen LogP contribution is 2.26. The molecule has 5 heteroatoms. The van der Waals surface area contributed by atoms with E-state index in [2.05, 4.69) is 4.98 Å². The van der Waals surface area contributed by atoms with Crippen LogP contribution in [-0.4, -0.2) is 17.0 Å². The lowest BCUT2D eigenvalue weighted by Crippen LogP contribution is -1.99. The second-order valence-electron chi connectivity index (χ2n) is 3.93. The number of anilines is 1. The molecule has 0 atom stereocenters. The van der Waals surface area contributed by atoms with Gasteiger partial charge in [-0.05, 0) is 37.3 Å². The van der Waals surface area contributed by atoms with Gasteiger partial charge in [-0.3, -0.25) is 4.79 Å². The van der Waals surface area contributed by atoms with Crippen LogP contribution in [0.5, 0.6) is 11.5 Å². The molecule has 0 unspecified atom stereocenters. The second-order valence-corrected chi connectivity index (χ2v) is 3.93. The van der Waals surface area contributed by atoms with E-state index in [0.29, 0.717) is 22.6 Å². The number of ketones is 1. The highest BCUT2D eigenvalue weighted by atomic mass is 16.5. The van der Waals surface area contributed by atoms with E-state index in [1.807, 2.05) is 0 Å². The number of carbonyl (C=O) groups is 1. The van der Waals surface area contributed by atoms with E-state index >= 15 is 0 Å². The summed E-state index contributed by atoms with van der Waals surface area (Å²) in [5, 5.41) is 7.31. The number of Topliss-reactive ketones (excluding diaryl/α,β-unsaturated/α-hetero) is 1. The fraction of sp³-hybridized carbons (Fsp3) is 0.0714. The molecule has 2 rings (SSSR count). The van der Waals surface area contributed by atoms with Crippen molar-refractivity contribution >= 4 is 17.8 Å². The van der Waals surface area contributed by atoms with E-state index in [0.717, 1.165) is 6.21 Å².